The number of rotatable bonds is 64. The van der Waals surface area contributed by atoms with E-state index in [4.69, 9.17) is 9.47 Å². The van der Waals surface area contributed by atoms with Crippen molar-refractivity contribution in [3.05, 3.63) is 72.9 Å². The predicted molar refractivity (Wildman–Crippen MR) is 364 cm³/mol. The van der Waals surface area contributed by atoms with Crippen molar-refractivity contribution in [2.24, 2.45) is 0 Å². The van der Waals surface area contributed by atoms with Crippen molar-refractivity contribution in [2.75, 3.05) is 13.2 Å². The van der Waals surface area contributed by atoms with Crippen molar-refractivity contribution >= 4 is 5.91 Å². The third-order valence-corrected chi connectivity index (χ3v) is 17.2. The Balaban J connectivity index is 2.15. The van der Waals surface area contributed by atoms with Gasteiger partial charge in [0.25, 0.3) is 0 Å². The molecule has 9 nitrogen and oxygen atoms in total. The number of amides is 1. The molecule has 6 N–H and O–H groups in total. The molecule has 1 rings (SSSR count). The first kappa shape index (κ1) is 80.6. The highest BCUT2D eigenvalue weighted by Gasteiger charge is 2.44. The lowest BCUT2D eigenvalue weighted by molar-refractivity contribution is -0.302. The summed E-state index contributed by atoms with van der Waals surface area (Å²) >= 11 is 0. The van der Waals surface area contributed by atoms with Crippen molar-refractivity contribution in [3.63, 3.8) is 0 Å². The van der Waals surface area contributed by atoms with E-state index < -0.39 is 49.5 Å². The summed E-state index contributed by atoms with van der Waals surface area (Å²) in [4.78, 5) is 13.1. The Morgan fingerprint density at radius 1 is 0.400 bits per heavy atom. The van der Waals surface area contributed by atoms with Crippen LogP contribution in [0.4, 0.5) is 0 Å². The van der Waals surface area contributed by atoms with Crippen molar-refractivity contribution in [1.82, 2.24) is 5.32 Å². The van der Waals surface area contributed by atoms with Gasteiger partial charge < -0.3 is 40.3 Å². The Bertz CT molecular complexity index is 1570. The van der Waals surface area contributed by atoms with Crippen LogP contribution in [-0.2, 0) is 14.3 Å². The monoisotopic (exact) mass is 1190 g/mol. The van der Waals surface area contributed by atoms with Gasteiger partial charge in [0.1, 0.15) is 24.4 Å². The number of allylic oxidation sites excluding steroid dienone is 11. The molecule has 0 radical (unpaired) electrons. The minimum Gasteiger partial charge on any atom is -0.394 e. The lowest BCUT2D eigenvalue weighted by atomic mass is 9.99. The predicted octanol–water partition coefficient (Wildman–Crippen LogP) is 20.3. The van der Waals surface area contributed by atoms with E-state index in [0.29, 0.717) is 6.42 Å². The van der Waals surface area contributed by atoms with Crippen LogP contribution in [0.15, 0.2) is 72.9 Å². The summed E-state index contributed by atoms with van der Waals surface area (Å²) in [7, 11) is 0. The Labute approximate surface area is 525 Å². The molecule has 0 aromatic rings. The Hall–Kier alpha value is -2.37. The molecule has 1 heterocycles. The zero-order valence-corrected chi connectivity index (χ0v) is 55.6. The van der Waals surface area contributed by atoms with E-state index in [-0.39, 0.29) is 12.5 Å². The van der Waals surface area contributed by atoms with E-state index in [1.165, 1.54) is 270 Å². The minimum atomic E-state index is -1.58. The Morgan fingerprint density at radius 3 is 1.07 bits per heavy atom. The van der Waals surface area contributed by atoms with Crippen LogP contribution in [0.25, 0.3) is 0 Å². The lowest BCUT2D eigenvalue weighted by Gasteiger charge is -2.40. The van der Waals surface area contributed by atoms with Gasteiger partial charge in [-0.1, -0.05) is 331 Å². The van der Waals surface area contributed by atoms with Crippen molar-refractivity contribution in [3.8, 4) is 0 Å². The van der Waals surface area contributed by atoms with Crippen LogP contribution >= 0.6 is 0 Å². The van der Waals surface area contributed by atoms with E-state index in [1.807, 2.05) is 6.08 Å². The number of unbranched alkanes of at least 4 members (excludes halogenated alkanes) is 44. The molecule has 0 aromatic heterocycles. The largest absolute Gasteiger partial charge is 0.394 e. The summed E-state index contributed by atoms with van der Waals surface area (Å²) in [5, 5.41) is 54.8. The first-order chi connectivity index (χ1) is 41.8. The summed E-state index contributed by atoms with van der Waals surface area (Å²) in [5.74, 6) is -0.189. The maximum Gasteiger partial charge on any atom is 0.220 e. The highest BCUT2D eigenvalue weighted by atomic mass is 16.7. The fraction of sp³-hybridized carbons (Fsp3) is 0.829. The fourth-order valence-electron chi connectivity index (χ4n) is 11.5. The number of carbonyl (C=O) groups is 1. The number of hydrogen-bond acceptors (Lipinski definition) is 8. The first-order valence-corrected chi connectivity index (χ1v) is 36.7. The summed E-state index contributed by atoms with van der Waals surface area (Å²) in [6.45, 7) is 3.79. The number of nitrogens with one attached hydrogen (secondary N) is 1. The van der Waals surface area contributed by atoms with Gasteiger partial charge in [-0.25, -0.2) is 0 Å². The Kier molecular flexibility index (Phi) is 61.3. The van der Waals surface area contributed by atoms with Gasteiger partial charge in [-0.3, -0.25) is 4.79 Å². The first-order valence-electron chi connectivity index (χ1n) is 36.7. The number of hydrogen-bond donors (Lipinski definition) is 6. The summed E-state index contributed by atoms with van der Waals surface area (Å²) < 4.78 is 11.3. The molecule has 0 aromatic carbocycles. The summed E-state index contributed by atoms with van der Waals surface area (Å²) in [6.07, 6.45) is 84.5. The van der Waals surface area contributed by atoms with Gasteiger partial charge in [0, 0.05) is 6.42 Å². The lowest BCUT2D eigenvalue weighted by Crippen LogP contribution is -2.60. The van der Waals surface area contributed by atoms with Crippen molar-refractivity contribution in [1.29, 1.82) is 0 Å². The SMILES string of the molecule is CCCCCCC/C=C\C/C=C\C/C=C\CCCCCCCCCCCCCCCCC(=O)NC(COC1OC(CO)C(O)C(O)C1O)C(O)/C=C/CC/C=C/CC/C=C/CCCCCCCCCCCCCCCCCCCCCCCCC. The van der Waals surface area contributed by atoms with Crippen LogP contribution in [0.2, 0.25) is 0 Å². The van der Waals surface area contributed by atoms with E-state index >= 15 is 0 Å². The molecule has 0 spiro atoms. The zero-order chi connectivity index (χ0) is 61.4. The smallest absolute Gasteiger partial charge is 0.220 e. The normalized spacial score (nSPS) is 18.5. The number of aliphatic hydroxyl groups is 5. The van der Waals surface area contributed by atoms with Crippen LogP contribution in [0.1, 0.15) is 348 Å². The third-order valence-electron chi connectivity index (χ3n) is 17.2. The number of carbonyl (C=O) groups excluding carboxylic acids is 1. The topological polar surface area (TPSA) is 149 Å². The molecule has 0 aliphatic carbocycles. The highest BCUT2D eigenvalue weighted by molar-refractivity contribution is 5.76. The van der Waals surface area contributed by atoms with E-state index in [1.54, 1.807) is 6.08 Å². The molecule has 1 amide bonds. The quantitative estimate of drug-likeness (QED) is 0.0261. The van der Waals surface area contributed by atoms with E-state index in [2.05, 4.69) is 79.9 Å². The second-order valence-electron chi connectivity index (χ2n) is 25.4. The highest BCUT2D eigenvalue weighted by Crippen LogP contribution is 2.23. The maximum atomic E-state index is 13.1. The second kappa shape index (κ2) is 64.6. The van der Waals surface area contributed by atoms with Gasteiger partial charge in [0.2, 0.25) is 5.91 Å². The van der Waals surface area contributed by atoms with Gasteiger partial charge in [0.15, 0.2) is 6.29 Å². The molecule has 1 saturated heterocycles. The molecule has 496 valence electrons. The van der Waals surface area contributed by atoms with Crippen LogP contribution in [-0.4, -0.2) is 87.5 Å². The van der Waals surface area contributed by atoms with Gasteiger partial charge in [-0.15, -0.1) is 0 Å². The molecule has 85 heavy (non-hydrogen) atoms. The van der Waals surface area contributed by atoms with Gasteiger partial charge in [-0.2, -0.15) is 0 Å². The van der Waals surface area contributed by atoms with Crippen molar-refractivity contribution < 1.29 is 39.8 Å². The Morgan fingerprint density at radius 2 is 0.706 bits per heavy atom. The molecule has 7 unspecified atom stereocenters. The standard InChI is InChI=1S/C76H139NO8/c1-3-5-7-9-11-13-15-17-19-21-23-25-27-29-31-33-34-35-36-38-39-41-43-45-47-49-51-53-55-57-59-61-63-65-70(79)69(68-84-76-75(83)74(82)73(81)71(67-78)85-76)77-72(80)66-64-62-60-58-56-54-52-50-48-46-44-42-40-37-32-30-28-26-24-22-20-18-16-14-12-10-8-6-4-2/h16,18,22,24,28,30,47,49,55,57,63,65,69-71,73-76,78-79,81-83H,3-15,17,19-21,23,25-27,29,31-46,48,50-54,56,58-62,64,66-68H2,1-2H3,(H,77,80)/b18-16-,24-22-,30-28-,49-47+,57-55+,65-63+. The zero-order valence-electron chi connectivity index (χ0n) is 55.6. The van der Waals surface area contributed by atoms with Gasteiger partial charge in [-0.05, 0) is 83.5 Å². The average molecular weight is 1190 g/mol. The molecule has 0 bridgehead atoms. The van der Waals surface area contributed by atoms with Crippen molar-refractivity contribution in [2.45, 2.75) is 391 Å². The molecule has 0 saturated carbocycles. The van der Waals surface area contributed by atoms with Crippen LogP contribution in [0, 0.1) is 0 Å². The van der Waals surface area contributed by atoms with E-state index in [9.17, 15) is 30.3 Å². The molecule has 7 atom stereocenters. The van der Waals surface area contributed by atoms with E-state index in [0.717, 1.165) is 57.8 Å². The molecular weight excluding hydrogens is 1050 g/mol. The fourth-order valence-corrected chi connectivity index (χ4v) is 11.5. The van der Waals surface area contributed by atoms with Gasteiger partial charge >= 0.3 is 0 Å². The summed E-state index contributed by atoms with van der Waals surface area (Å²) in [6, 6.07) is -0.834. The number of aliphatic hydroxyl groups excluding tert-OH is 5. The minimum absolute atomic E-state index is 0.189. The van der Waals surface area contributed by atoms with Gasteiger partial charge in [0.05, 0.1) is 25.4 Å². The molecule has 9 heteroatoms. The van der Waals surface area contributed by atoms with Crippen LogP contribution in [0.3, 0.4) is 0 Å². The summed E-state index contributed by atoms with van der Waals surface area (Å²) in [5.41, 5.74) is 0. The average Bonchev–Trinajstić information content (AvgIpc) is 3.56. The second-order valence-corrected chi connectivity index (χ2v) is 25.4. The number of ether oxygens (including phenoxy) is 2. The molecular formula is C76H139NO8. The molecule has 1 fully saturated rings. The molecule has 1 aliphatic heterocycles. The van der Waals surface area contributed by atoms with Crippen LogP contribution in [0.5, 0.6) is 0 Å². The third kappa shape index (κ3) is 53.2. The maximum absolute atomic E-state index is 13.1. The molecule has 1 aliphatic rings. The van der Waals surface area contributed by atoms with Crippen LogP contribution < -0.4 is 5.32 Å².